The smallest absolute Gasteiger partial charge is 0.330 e. The first-order valence-corrected chi connectivity index (χ1v) is 10.5. The normalized spacial score (nSPS) is 18.8. The third-order valence-electron chi connectivity index (χ3n) is 5.73. The molecule has 0 unspecified atom stereocenters. The first-order chi connectivity index (χ1) is 15.0. The monoisotopic (exact) mass is 424 g/mol. The van der Waals surface area contributed by atoms with E-state index in [-0.39, 0.29) is 24.3 Å². The van der Waals surface area contributed by atoms with E-state index < -0.39 is 0 Å². The number of carbonyl (C=O) groups is 2. The van der Waals surface area contributed by atoms with Gasteiger partial charge < -0.3 is 19.5 Å². The maximum absolute atomic E-state index is 12.4. The molecule has 0 saturated carbocycles. The van der Waals surface area contributed by atoms with Crippen LogP contribution in [0.3, 0.4) is 0 Å². The fourth-order valence-electron chi connectivity index (χ4n) is 4.00. The van der Waals surface area contributed by atoms with E-state index in [4.69, 9.17) is 5.26 Å². The summed E-state index contributed by atoms with van der Waals surface area (Å²) in [5, 5.41) is 9.85. The largest absolute Gasteiger partial charge is 0.466 e. The molecule has 9 nitrogen and oxygen atoms in total. The fourth-order valence-corrected chi connectivity index (χ4v) is 4.00. The molecule has 1 amide bonds. The Kier molecular flexibility index (Phi) is 7.60. The van der Waals surface area contributed by atoms with Crippen LogP contribution in [0.1, 0.15) is 32.6 Å². The molecular weight excluding hydrogens is 396 g/mol. The van der Waals surface area contributed by atoms with Crippen molar-refractivity contribution in [1.82, 2.24) is 19.9 Å². The molecule has 3 heterocycles. The van der Waals surface area contributed by atoms with Crippen molar-refractivity contribution in [3.8, 4) is 6.07 Å². The Morgan fingerprint density at radius 2 is 2.29 bits per heavy atom. The maximum Gasteiger partial charge on any atom is 0.330 e. The molecule has 2 atom stereocenters. The molecule has 31 heavy (non-hydrogen) atoms. The summed E-state index contributed by atoms with van der Waals surface area (Å²) in [5.74, 6) is 0.680. The van der Waals surface area contributed by atoms with Gasteiger partial charge in [0, 0.05) is 31.9 Å². The topological polar surface area (TPSA) is 115 Å². The van der Waals surface area contributed by atoms with Crippen molar-refractivity contribution in [2.45, 2.75) is 38.6 Å². The number of hydrogen-bond donors (Lipinski definition) is 1. The van der Waals surface area contributed by atoms with Crippen molar-refractivity contribution in [2.75, 3.05) is 31.6 Å². The van der Waals surface area contributed by atoms with Crippen molar-refractivity contribution in [1.29, 1.82) is 5.26 Å². The number of hydrogen-bond acceptors (Lipinski definition) is 7. The van der Waals surface area contributed by atoms with E-state index >= 15 is 0 Å². The Labute approximate surface area is 181 Å². The number of anilines is 1. The quantitative estimate of drug-likeness (QED) is 0.393. The van der Waals surface area contributed by atoms with E-state index in [2.05, 4.69) is 31.5 Å². The molecule has 0 aromatic carbocycles. The Bertz CT molecular complexity index is 979. The second-order valence-electron chi connectivity index (χ2n) is 7.71. The molecule has 0 bridgehead atoms. The first kappa shape index (κ1) is 22.3. The number of aromatic nitrogens is 3. The summed E-state index contributed by atoms with van der Waals surface area (Å²) in [4.78, 5) is 39.7. The van der Waals surface area contributed by atoms with Crippen molar-refractivity contribution < 1.29 is 14.3 Å². The number of nitrogens with one attached hydrogen (secondary N) is 1. The number of aromatic amines is 1. The highest BCUT2D eigenvalue weighted by atomic mass is 16.5. The van der Waals surface area contributed by atoms with E-state index in [0.717, 1.165) is 29.7 Å². The molecule has 3 rings (SSSR count). The van der Waals surface area contributed by atoms with Crippen LogP contribution in [0.4, 0.5) is 5.82 Å². The van der Waals surface area contributed by atoms with E-state index in [1.807, 2.05) is 24.4 Å². The third kappa shape index (κ3) is 5.40. The summed E-state index contributed by atoms with van der Waals surface area (Å²) in [6.45, 7) is 4.11. The number of rotatable bonds is 8. The van der Waals surface area contributed by atoms with Gasteiger partial charge in [0.2, 0.25) is 5.91 Å². The Morgan fingerprint density at radius 3 is 3.06 bits per heavy atom. The van der Waals surface area contributed by atoms with Gasteiger partial charge in [-0.3, -0.25) is 4.79 Å². The molecule has 0 spiro atoms. The first-order valence-electron chi connectivity index (χ1n) is 10.5. The van der Waals surface area contributed by atoms with E-state index in [9.17, 15) is 9.59 Å². The number of nitriles is 1. The Hall–Kier alpha value is -3.41. The van der Waals surface area contributed by atoms with Gasteiger partial charge in [-0.25, -0.2) is 14.8 Å². The SMILES string of the molecule is COC(=O)/C=C/CCCN(c1ncnc2[nH]ccc12)[C@H]1CN(C(=O)CC#N)CC[C@H]1C. The number of ether oxygens (including phenoxy) is 1. The van der Waals surface area contributed by atoms with Crippen molar-refractivity contribution in [3.05, 3.63) is 30.7 Å². The number of likely N-dealkylation sites (tertiary alicyclic amines) is 1. The average Bonchev–Trinajstić information content (AvgIpc) is 3.26. The number of fused-ring (bicyclic) bond motifs is 1. The second-order valence-corrected chi connectivity index (χ2v) is 7.71. The summed E-state index contributed by atoms with van der Waals surface area (Å²) < 4.78 is 4.63. The van der Waals surface area contributed by atoms with Crippen molar-refractivity contribution in [2.24, 2.45) is 5.92 Å². The number of esters is 1. The second kappa shape index (κ2) is 10.6. The molecule has 0 aliphatic carbocycles. The molecule has 1 aliphatic heterocycles. The molecule has 0 radical (unpaired) electrons. The highest BCUT2D eigenvalue weighted by molar-refractivity contribution is 5.87. The summed E-state index contributed by atoms with van der Waals surface area (Å²) in [6.07, 6.45) is 8.91. The lowest BCUT2D eigenvalue weighted by Crippen LogP contribution is -2.54. The lowest BCUT2D eigenvalue weighted by Gasteiger charge is -2.43. The van der Waals surface area contributed by atoms with Crippen LogP contribution in [0.25, 0.3) is 11.0 Å². The molecule has 1 aliphatic rings. The third-order valence-corrected chi connectivity index (χ3v) is 5.73. The number of H-pyrrole nitrogens is 1. The lowest BCUT2D eigenvalue weighted by molar-refractivity contribution is -0.135. The predicted molar refractivity (Wildman–Crippen MR) is 116 cm³/mol. The molecular formula is C22H28N6O3. The summed E-state index contributed by atoms with van der Waals surface area (Å²) in [6, 6.07) is 3.98. The molecule has 9 heteroatoms. The van der Waals surface area contributed by atoms with Gasteiger partial charge in [0.1, 0.15) is 24.2 Å². The van der Waals surface area contributed by atoms with Gasteiger partial charge >= 0.3 is 5.97 Å². The minimum absolute atomic E-state index is 0.0639. The average molecular weight is 425 g/mol. The van der Waals surface area contributed by atoms with Crippen LogP contribution in [-0.2, 0) is 14.3 Å². The Balaban J connectivity index is 1.83. The van der Waals surface area contributed by atoms with Gasteiger partial charge in [0.15, 0.2) is 0 Å². The minimum atomic E-state index is -0.366. The highest BCUT2D eigenvalue weighted by Gasteiger charge is 2.34. The molecule has 1 saturated heterocycles. The number of nitrogens with zero attached hydrogens (tertiary/aromatic N) is 5. The van der Waals surface area contributed by atoms with Gasteiger partial charge in [-0.1, -0.05) is 13.0 Å². The molecule has 2 aromatic heterocycles. The van der Waals surface area contributed by atoms with E-state index in [1.165, 1.54) is 13.2 Å². The van der Waals surface area contributed by atoms with Crippen LogP contribution < -0.4 is 4.90 Å². The number of allylic oxidation sites excluding steroid dienone is 1. The Morgan fingerprint density at radius 1 is 1.45 bits per heavy atom. The van der Waals surface area contributed by atoms with E-state index in [1.54, 1.807) is 11.2 Å². The van der Waals surface area contributed by atoms with E-state index in [0.29, 0.717) is 32.0 Å². The number of piperidine rings is 1. The van der Waals surface area contributed by atoms with Gasteiger partial charge in [-0.15, -0.1) is 0 Å². The van der Waals surface area contributed by atoms with Gasteiger partial charge in [-0.05, 0) is 31.2 Å². The van der Waals surface area contributed by atoms with Crippen molar-refractivity contribution >= 4 is 28.7 Å². The lowest BCUT2D eigenvalue weighted by atomic mass is 9.91. The van der Waals surface area contributed by atoms with Crippen LogP contribution in [0.15, 0.2) is 30.7 Å². The summed E-state index contributed by atoms with van der Waals surface area (Å²) in [5.41, 5.74) is 0.765. The van der Waals surface area contributed by atoms with Gasteiger partial charge in [-0.2, -0.15) is 5.26 Å². The fraction of sp³-hybridized carbons (Fsp3) is 0.500. The number of amides is 1. The number of unbranched alkanes of at least 4 members (excludes halogenated alkanes) is 1. The van der Waals surface area contributed by atoms with Crippen molar-refractivity contribution in [3.63, 3.8) is 0 Å². The molecule has 2 aromatic rings. The van der Waals surface area contributed by atoms with Crippen LogP contribution in [0, 0.1) is 17.2 Å². The van der Waals surface area contributed by atoms with Crippen LogP contribution in [0.2, 0.25) is 0 Å². The number of carbonyl (C=O) groups excluding carboxylic acids is 2. The van der Waals surface area contributed by atoms with Crippen LogP contribution >= 0.6 is 0 Å². The predicted octanol–water partition coefficient (Wildman–Crippen LogP) is 2.42. The van der Waals surface area contributed by atoms with Gasteiger partial charge in [0.25, 0.3) is 0 Å². The van der Waals surface area contributed by atoms with Gasteiger partial charge in [0.05, 0.1) is 24.6 Å². The molecule has 1 fully saturated rings. The van der Waals surface area contributed by atoms with Crippen LogP contribution in [-0.4, -0.2) is 64.5 Å². The zero-order valence-corrected chi connectivity index (χ0v) is 18.0. The minimum Gasteiger partial charge on any atom is -0.466 e. The standard InChI is InChI=1S/C22H28N6O3/c1-16-9-13-27(19(29)7-10-23)14-18(16)28(12-5-3-4-6-20(30)31-2)22-17-8-11-24-21(17)25-15-26-22/h4,6,8,11,15-16,18H,3,5,7,9,12-14H2,1-2H3,(H,24,25,26)/b6-4+/t16-,18+/m1/s1. The zero-order valence-electron chi connectivity index (χ0n) is 18.0. The highest BCUT2D eigenvalue weighted by Crippen LogP contribution is 2.30. The number of methoxy groups -OCH3 is 1. The zero-order chi connectivity index (χ0) is 22.2. The summed E-state index contributed by atoms with van der Waals surface area (Å²) in [7, 11) is 1.36. The summed E-state index contributed by atoms with van der Waals surface area (Å²) >= 11 is 0. The molecule has 1 N–H and O–H groups in total. The molecule has 164 valence electrons. The maximum atomic E-state index is 12.4. The van der Waals surface area contributed by atoms with Crippen LogP contribution in [0.5, 0.6) is 0 Å².